The fraction of sp³-hybridized carbons (Fsp3) is 0.364. The van der Waals surface area contributed by atoms with E-state index in [-0.39, 0.29) is 16.7 Å². The van der Waals surface area contributed by atoms with Crippen molar-refractivity contribution in [3.63, 3.8) is 0 Å². The number of benzene rings is 2. The molecule has 2 aromatic carbocycles. The van der Waals surface area contributed by atoms with Crippen LogP contribution in [0.4, 0.5) is 16.2 Å². The van der Waals surface area contributed by atoms with E-state index in [1.807, 2.05) is 31.2 Å². The molecule has 1 fully saturated rings. The minimum Gasteiger partial charge on any atom is -0.494 e. The minimum atomic E-state index is -3.52. The number of nitrogens with zero attached hydrogens (tertiary/aromatic N) is 2. The van der Waals surface area contributed by atoms with Crippen LogP contribution in [0.1, 0.15) is 13.3 Å². The molecule has 0 aliphatic carbocycles. The van der Waals surface area contributed by atoms with Gasteiger partial charge in [0.15, 0.2) is 0 Å². The Morgan fingerprint density at radius 1 is 1.12 bits per heavy atom. The molecule has 2 aromatic rings. The summed E-state index contributed by atoms with van der Waals surface area (Å²) < 4.78 is 30.8. The standard InChI is InChI=1S/C22H28N4O5S/c1-4-31-19-9-7-18(8-10-19)26-15-16(13-21(26)27)14-23-22(28)24-17-5-11-20(12-6-17)32(29,30)25(2)3/h5-12,16H,4,13-15H2,1-3H3,(H2,23,24,28). The maximum absolute atomic E-state index is 12.4. The topological polar surface area (TPSA) is 108 Å². The van der Waals surface area contributed by atoms with Crippen LogP contribution in [-0.2, 0) is 14.8 Å². The van der Waals surface area contributed by atoms with Crippen LogP contribution < -0.4 is 20.3 Å². The van der Waals surface area contributed by atoms with Crippen LogP contribution in [0.2, 0.25) is 0 Å². The van der Waals surface area contributed by atoms with Gasteiger partial charge >= 0.3 is 6.03 Å². The summed E-state index contributed by atoms with van der Waals surface area (Å²) in [6.45, 7) is 3.36. The Morgan fingerprint density at radius 3 is 2.38 bits per heavy atom. The summed E-state index contributed by atoms with van der Waals surface area (Å²) in [6, 6.07) is 12.9. The summed E-state index contributed by atoms with van der Waals surface area (Å²) >= 11 is 0. The highest BCUT2D eigenvalue weighted by molar-refractivity contribution is 7.89. The van der Waals surface area contributed by atoms with Gasteiger partial charge < -0.3 is 20.3 Å². The molecule has 1 saturated heterocycles. The van der Waals surface area contributed by atoms with Gasteiger partial charge in [0.2, 0.25) is 15.9 Å². The number of carbonyl (C=O) groups excluding carboxylic acids is 2. The summed E-state index contributed by atoms with van der Waals surface area (Å²) in [5.41, 5.74) is 1.27. The Balaban J connectivity index is 1.50. The van der Waals surface area contributed by atoms with E-state index in [2.05, 4.69) is 10.6 Å². The van der Waals surface area contributed by atoms with Gasteiger partial charge in [0.25, 0.3) is 0 Å². The van der Waals surface area contributed by atoms with Crippen molar-refractivity contribution in [3.05, 3.63) is 48.5 Å². The predicted octanol–water partition coefficient (Wildman–Crippen LogP) is 2.51. The van der Waals surface area contributed by atoms with Gasteiger partial charge in [-0.3, -0.25) is 4.79 Å². The number of sulfonamides is 1. The van der Waals surface area contributed by atoms with Crippen molar-refractivity contribution in [2.75, 3.05) is 44.0 Å². The van der Waals surface area contributed by atoms with Gasteiger partial charge in [0, 0.05) is 50.9 Å². The van der Waals surface area contributed by atoms with Crippen LogP contribution in [0.3, 0.4) is 0 Å². The van der Waals surface area contributed by atoms with E-state index in [0.29, 0.717) is 31.8 Å². The van der Waals surface area contributed by atoms with Gasteiger partial charge in [-0.15, -0.1) is 0 Å². The normalized spacial score (nSPS) is 16.3. The lowest BCUT2D eigenvalue weighted by molar-refractivity contribution is -0.117. The van der Waals surface area contributed by atoms with Crippen molar-refractivity contribution in [1.29, 1.82) is 0 Å². The summed E-state index contributed by atoms with van der Waals surface area (Å²) in [5.74, 6) is 0.761. The highest BCUT2D eigenvalue weighted by Crippen LogP contribution is 2.26. The molecule has 0 bridgehead atoms. The lowest BCUT2D eigenvalue weighted by Gasteiger charge is -2.17. The predicted molar refractivity (Wildman–Crippen MR) is 122 cm³/mol. The van der Waals surface area contributed by atoms with Crippen molar-refractivity contribution in [2.45, 2.75) is 18.2 Å². The van der Waals surface area contributed by atoms with Crippen LogP contribution in [-0.4, -0.2) is 58.5 Å². The number of hydrogen-bond acceptors (Lipinski definition) is 5. The number of anilines is 2. The number of carbonyl (C=O) groups is 2. The van der Waals surface area contributed by atoms with Crippen LogP contribution in [0.25, 0.3) is 0 Å². The second kappa shape index (κ2) is 10.0. The molecule has 9 nitrogen and oxygen atoms in total. The zero-order valence-electron chi connectivity index (χ0n) is 18.4. The first-order valence-corrected chi connectivity index (χ1v) is 11.8. The molecule has 172 valence electrons. The van der Waals surface area contributed by atoms with E-state index in [4.69, 9.17) is 4.74 Å². The Bertz CT molecular complexity index is 1050. The second-order valence-electron chi connectivity index (χ2n) is 7.65. The number of rotatable bonds is 8. The van der Waals surface area contributed by atoms with Gasteiger partial charge in [0.1, 0.15) is 5.75 Å². The number of nitrogens with one attached hydrogen (secondary N) is 2. The number of hydrogen-bond donors (Lipinski definition) is 2. The molecule has 32 heavy (non-hydrogen) atoms. The van der Waals surface area contributed by atoms with Gasteiger partial charge in [0.05, 0.1) is 11.5 Å². The van der Waals surface area contributed by atoms with Gasteiger partial charge in [-0.05, 0) is 55.5 Å². The maximum atomic E-state index is 12.4. The fourth-order valence-corrected chi connectivity index (χ4v) is 4.29. The largest absolute Gasteiger partial charge is 0.494 e. The Labute approximate surface area is 188 Å². The lowest BCUT2D eigenvalue weighted by atomic mass is 10.1. The zero-order valence-corrected chi connectivity index (χ0v) is 19.2. The average molecular weight is 461 g/mol. The van der Waals surface area contributed by atoms with E-state index in [0.717, 1.165) is 15.7 Å². The van der Waals surface area contributed by atoms with Crippen LogP contribution in [0.5, 0.6) is 5.75 Å². The monoisotopic (exact) mass is 460 g/mol. The first-order chi connectivity index (χ1) is 15.2. The van der Waals surface area contributed by atoms with Crippen molar-refractivity contribution >= 4 is 33.3 Å². The minimum absolute atomic E-state index is 0.00701. The average Bonchev–Trinajstić information content (AvgIpc) is 3.14. The second-order valence-corrected chi connectivity index (χ2v) is 9.80. The van der Waals surface area contributed by atoms with Gasteiger partial charge in [-0.2, -0.15) is 0 Å². The molecule has 0 radical (unpaired) electrons. The van der Waals surface area contributed by atoms with Crippen molar-refractivity contribution in [1.82, 2.24) is 9.62 Å². The molecule has 3 amide bonds. The van der Waals surface area contributed by atoms with Crippen molar-refractivity contribution < 1.29 is 22.7 Å². The Hall–Kier alpha value is -3.11. The quantitative estimate of drug-likeness (QED) is 0.629. The summed E-state index contributed by atoms with van der Waals surface area (Å²) in [4.78, 5) is 26.5. The number of ether oxygens (including phenoxy) is 1. The summed E-state index contributed by atoms with van der Waals surface area (Å²) in [6.07, 6.45) is 0.352. The van der Waals surface area contributed by atoms with Gasteiger partial charge in [-0.1, -0.05) is 0 Å². The molecular formula is C22H28N4O5S. The molecule has 2 N–H and O–H groups in total. The molecule has 0 aromatic heterocycles. The molecule has 1 aliphatic heterocycles. The van der Waals surface area contributed by atoms with Crippen LogP contribution in [0, 0.1) is 5.92 Å². The number of urea groups is 1. The lowest BCUT2D eigenvalue weighted by Crippen LogP contribution is -2.34. The van der Waals surface area contributed by atoms with Crippen LogP contribution in [0.15, 0.2) is 53.4 Å². The third-order valence-corrected chi connectivity index (χ3v) is 6.94. The van der Waals surface area contributed by atoms with E-state index >= 15 is 0 Å². The van der Waals surface area contributed by atoms with E-state index in [1.165, 1.54) is 38.4 Å². The molecule has 1 heterocycles. The third kappa shape index (κ3) is 5.57. The Kier molecular flexibility index (Phi) is 7.37. The van der Waals surface area contributed by atoms with Gasteiger partial charge in [-0.25, -0.2) is 17.5 Å². The number of amides is 3. The first-order valence-electron chi connectivity index (χ1n) is 10.3. The van der Waals surface area contributed by atoms with Crippen molar-refractivity contribution in [3.8, 4) is 5.75 Å². The van der Waals surface area contributed by atoms with Crippen LogP contribution >= 0.6 is 0 Å². The highest BCUT2D eigenvalue weighted by Gasteiger charge is 2.30. The van der Waals surface area contributed by atoms with Crippen molar-refractivity contribution in [2.24, 2.45) is 5.92 Å². The molecule has 3 rings (SSSR count). The Morgan fingerprint density at radius 2 is 1.78 bits per heavy atom. The molecule has 1 aliphatic rings. The molecular weight excluding hydrogens is 432 g/mol. The fourth-order valence-electron chi connectivity index (χ4n) is 3.39. The molecule has 1 atom stereocenters. The summed E-state index contributed by atoms with van der Waals surface area (Å²) in [7, 11) is -0.605. The molecule has 10 heteroatoms. The molecule has 0 saturated carbocycles. The third-order valence-electron chi connectivity index (χ3n) is 5.11. The summed E-state index contributed by atoms with van der Waals surface area (Å²) in [5, 5.41) is 5.45. The van der Waals surface area contributed by atoms with E-state index in [1.54, 1.807) is 4.90 Å². The maximum Gasteiger partial charge on any atom is 0.319 e. The smallest absolute Gasteiger partial charge is 0.319 e. The SMILES string of the molecule is CCOc1ccc(N2CC(CNC(=O)Nc3ccc(S(=O)(=O)N(C)C)cc3)CC2=O)cc1. The molecule has 0 spiro atoms. The highest BCUT2D eigenvalue weighted by atomic mass is 32.2. The zero-order chi connectivity index (χ0) is 23.3. The molecule has 1 unspecified atom stereocenters. The van der Waals surface area contributed by atoms with E-state index < -0.39 is 16.1 Å². The first kappa shape index (κ1) is 23.6. The van der Waals surface area contributed by atoms with E-state index in [9.17, 15) is 18.0 Å².